The Hall–Kier alpha value is -1.79. The van der Waals surface area contributed by atoms with E-state index in [0.717, 1.165) is 7.98 Å². The summed E-state index contributed by atoms with van der Waals surface area (Å²) in [5.41, 5.74) is 0.0302. The molecule has 1 rings (SSSR count). The quantitative estimate of drug-likeness (QED) is 0.666. The van der Waals surface area contributed by atoms with Gasteiger partial charge in [0.05, 0.1) is 0 Å². The molecule has 7 heteroatoms. The topological polar surface area (TPSA) is 37.4 Å². The minimum absolute atomic E-state index is 0.0302. The number of hydrogen-bond donors (Lipinski definition) is 0. The maximum Gasteiger partial charge on any atom is 0.470 e. The summed E-state index contributed by atoms with van der Waals surface area (Å²) in [6.07, 6.45) is -5.04. The van der Waals surface area contributed by atoms with Gasteiger partial charge < -0.3 is 4.81 Å². The van der Waals surface area contributed by atoms with E-state index in [-0.39, 0.29) is 10.4 Å². The summed E-state index contributed by atoms with van der Waals surface area (Å²) in [5, 5.41) is 0. The van der Waals surface area contributed by atoms with Crippen LogP contribution in [0.2, 0.25) is 0 Å². The number of alkyl halides is 3. The van der Waals surface area contributed by atoms with Crippen LogP contribution in [-0.4, -0.2) is 30.8 Å². The van der Waals surface area contributed by atoms with Crippen molar-refractivity contribution in [2.75, 3.05) is 0 Å². The van der Waals surface area contributed by atoms with E-state index in [4.69, 9.17) is 0 Å². The van der Waals surface area contributed by atoms with Crippen LogP contribution in [0.25, 0.3) is 0 Å². The molecule has 1 aromatic carbocycles. The zero-order valence-corrected chi connectivity index (χ0v) is 8.28. The van der Waals surface area contributed by atoms with Gasteiger partial charge in [0.1, 0.15) is 0 Å². The number of imide groups is 1. The van der Waals surface area contributed by atoms with Crippen LogP contribution in [0.5, 0.6) is 0 Å². The molecule has 0 unspecified atom stereocenters. The van der Waals surface area contributed by atoms with Crippen LogP contribution in [-0.2, 0) is 4.79 Å². The average Bonchev–Trinajstić information content (AvgIpc) is 2.26. The van der Waals surface area contributed by atoms with E-state index < -0.39 is 18.0 Å². The second-order valence-corrected chi connectivity index (χ2v) is 3.03. The van der Waals surface area contributed by atoms with E-state index >= 15 is 0 Å². The van der Waals surface area contributed by atoms with Crippen molar-refractivity contribution in [3.63, 3.8) is 0 Å². The highest BCUT2D eigenvalue weighted by molar-refractivity contribution is 6.28. The maximum atomic E-state index is 12.0. The molecule has 0 aromatic heterocycles. The van der Waals surface area contributed by atoms with Crippen molar-refractivity contribution < 1.29 is 22.8 Å². The van der Waals surface area contributed by atoms with Gasteiger partial charge in [0, 0.05) is 5.56 Å². The Morgan fingerprint density at radius 1 is 1.12 bits per heavy atom. The third kappa shape index (κ3) is 2.62. The smallest absolute Gasteiger partial charge is 0.325 e. The summed E-state index contributed by atoms with van der Waals surface area (Å²) in [4.78, 5) is 22.2. The molecular weight excluding hydrogens is 222 g/mol. The highest BCUT2D eigenvalue weighted by Crippen LogP contribution is 2.18. The molecule has 0 bridgehead atoms. The van der Waals surface area contributed by atoms with Crippen LogP contribution in [0, 0.1) is 0 Å². The fourth-order valence-electron chi connectivity index (χ4n) is 1.06. The number of halogens is 3. The molecule has 84 valence electrons. The summed E-state index contributed by atoms with van der Waals surface area (Å²) in [6, 6.07) is 7.28. The lowest BCUT2D eigenvalue weighted by molar-refractivity contribution is -0.178. The first-order chi connectivity index (χ1) is 7.34. The van der Waals surface area contributed by atoms with Gasteiger partial charge >= 0.3 is 12.1 Å². The lowest BCUT2D eigenvalue weighted by Crippen LogP contribution is -2.43. The Morgan fingerprint density at radius 3 is 2.06 bits per heavy atom. The summed E-state index contributed by atoms with van der Waals surface area (Å²) in [6.45, 7) is 0. The van der Waals surface area contributed by atoms with E-state index in [0.29, 0.717) is 0 Å². The van der Waals surface area contributed by atoms with Gasteiger partial charge in [0.15, 0.2) is 0 Å². The van der Waals surface area contributed by atoms with Crippen molar-refractivity contribution in [1.82, 2.24) is 4.81 Å². The van der Waals surface area contributed by atoms with Crippen LogP contribution in [0.1, 0.15) is 10.4 Å². The van der Waals surface area contributed by atoms with Gasteiger partial charge in [-0.15, -0.1) is 0 Å². The van der Waals surface area contributed by atoms with Gasteiger partial charge in [-0.2, -0.15) is 13.2 Å². The molecule has 2 amide bonds. The van der Waals surface area contributed by atoms with Crippen molar-refractivity contribution in [3.05, 3.63) is 35.9 Å². The fraction of sp³-hybridized carbons (Fsp3) is 0.111. The van der Waals surface area contributed by atoms with E-state index in [2.05, 4.69) is 0 Å². The molecule has 0 aliphatic carbocycles. The van der Waals surface area contributed by atoms with Crippen LogP contribution in [0.3, 0.4) is 0 Å². The van der Waals surface area contributed by atoms with Crippen molar-refractivity contribution in [2.24, 2.45) is 0 Å². The van der Waals surface area contributed by atoms with Crippen LogP contribution >= 0.6 is 0 Å². The van der Waals surface area contributed by atoms with Gasteiger partial charge in [0.2, 0.25) is 13.9 Å². The van der Waals surface area contributed by atoms with Gasteiger partial charge in [-0.1, -0.05) is 18.2 Å². The summed E-state index contributed by atoms with van der Waals surface area (Å²) < 4.78 is 36.1. The Bertz CT molecular complexity index is 405. The molecule has 1 aromatic rings. The van der Waals surface area contributed by atoms with Gasteiger partial charge in [-0.3, -0.25) is 9.59 Å². The molecule has 0 fully saturated rings. The largest absolute Gasteiger partial charge is 0.470 e. The second kappa shape index (κ2) is 4.38. The third-order valence-electron chi connectivity index (χ3n) is 1.87. The molecule has 0 saturated heterocycles. The van der Waals surface area contributed by atoms with Crippen LogP contribution in [0.4, 0.5) is 13.2 Å². The lowest BCUT2D eigenvalue weighted by Gasteiger charge is -2.17. The molecule has 0 atom stereocenters. The lowest BCUT2D eigenvalue weighted by atomic mass is 10.1. The first-order valence-corrected chi connectivity index (χ1v) is 4.28. The zero-order chi connectivity index (χ0) is 12.3. The number of carbonyl (C=O) groups is 2. The van der Waals surface area contributed by atoms with Crippen molar-refractivity contribution in [1.29, 1.82) is 0 Å². The molecule has 0 radical (unpaired) electrons. The van der Waals surface area contributed by atoms with Crippen LogP contribution in [0.15, 0.2) is 30.3 Å². The Balaban J connectivity index is 2.88. The summed E-state index contributed by atoms with van der Waals surface area (Å²) >= 11 is 0. The molecule has 16 heavy (non-hydrogen) atoms. The molecule has 0 spiro atoms. The van der Waals surface area contributed by atoms with Crippen molar-refractivity contribution in [3.8, 4) is 0 Å². The normalized spacial score (nSPS) is 10.9. The van der Waals surface area contributed by atoms with E-state index in [9.17, 15) is 22.8 Å². The number of hydrogen-bond acceptors (Lipinski definition) is 2. The highest BCUT2D eigenvalue weighted by atomic mass is 19.4. The monoisotopic (exact) mass is 229 g/mol. The van der Waals surface area contributed by atoms with Crippen LogP contribution < -0.4 is 0 Å². The molecule has 0 heterocycles. The first-order valence-electron chi connectivity index (χ1n) is 4.28. The number of benzene rings is 1. The van der Waals surface area contributed by atoms with Gasteiger partial charge in [0.25, 0.3) is 0 Å². The third-order valence-corrected chi connectivity index (χ3v) is 1.87. The Labute approximate surface area is 90.3 Å². The average molecular weight is 229 g/mol. The number of rotatable bonds is 1. The minimum Gasteiger partial charge on any atom is -0.325 e. The molecular formula is C9H7BF3NO2. The Morgan fingerprint density at radius 2 is 1.62 bits per heavy atom. The zero-order valence-electron chi connectivity index (χ0n) is 8.28. The second-order valence-electron chi connectivity index (χ2n) is 3.03. The first kappa shape index (κ1) is 12.3. The predicted octanol–water partition coefficient (Wildman–Crippen LogP) is 0.766. The molecule has 0 N–H and O–H groups in total. The minimum atomic E-state index is -5.04. The molecule has 0 saturated carbocycles. The number of amides is 2. The number of nitrogens with zero attached hydrogens (tertiary/aromatic N) is 1. The predicted molar refractivity (Wildman–Crippen MR) is 52.2 cm³/mol. The SMILES string of the molecule is BN(C(=O)c1ccccc1)C(=O)C(F)(F)F. The molecule has 3 nitrogen and oxygen atoms in total. The molecule has 0 aliphatic heterocycles. The standard InChI is InChI=1S/C9H7BF3NO2/c10-14(8(16)9(11,12)13)7(15)6-4-2-1-3-5-6/h1-5H,10H2. The van der Waals surface area contributed by atoms with E-state index in [1.54, 1.807) is 6.07 Å². The van der Waals surface area contributed by atoms with Crippen molar-refractivity contribution >= 4 is 19.8 Å². The summed E-state index contributed by atoms with van der Waals surface area (Å²) in [7, 11) is 0.797. The summed E-state index contributed by atoms with van der Waals surface area (Å²) in [5.74, 6) is -3.16. The van der Waals surface area contributed by atoms with E-state index in [1.807, 2.05) is 0 Å². The van der Waals surface area contributed by atoms with E-state index in [1.165, 1.54) is 24.3 Å². The fourth-order valence-corrected chi connectivity index (χ4v) is 1.06. The van der Waals surface area contributed by atoms with Crippen molar-refractivity contribution in [2.45, 2.75) is 6.18 Å². The Kier molecular flexibility index (Phi) is 3.36. The highest BCUT2D eigenvalue weighted by Gasteiger charge is 2.42. The maximum absolute atomic E-state index is 12.0. The van der Waals surface area contributed by atoms with Gasteiger partial charge in [-0.25, -0.2) is 0 Å². The van der Waals surface area contributed by atoms with Gasteiger partial charge in [-0.05, 0) is 12.1 Å². The molecule has 0 aliphatic rings. The number of carbonyl (C=O) groups excluding carboxylic acids is 2.